The largest absolute Gasteiger partial charge is 0.385 e. The Bertz CT molecular complexity index is 241. The maximum absolute atomic E-state index is 9.74. The van der Waals surface area contributed by atoms with Crippen LogP contribution in [0.5, 0.6) is 0 Å². The first-order chi connectivity index (χ1) is 6.36. The first-order valence-electron chi connectivity index (χ1n) is 4.89. The van der Waals surface area contributed by atoms with Gasteiger partial charge in [-0.1, -0.05) is 25.7 Å². The van der Waals surface area contributed by atoms with Gasteiger partial charge in [0.25, 0.3) is 0 Å². The number of nitrogens with one attached hydrogen (secondary N) is 1. The van der Waals surface area contributed by atoms with E-state index in [9.17, 15) is 5.11 Å². The molecule has 0 aromatic carbocycles. The van der Waals surface area contributed by atoms with Gasteiger partial charge in [0.2, 0.25) is 0 Å². The van der Waals surface area contributed by atoms with Crippen molar-refractivity contribution in [2.45, 2.75) is 38.2 Å². The van der Waals surface area contributed by atoms with E-state index in [-0.39, 0.29) is 0 Å². The van der Waals surface area contributed by atoms with Crippen LogP contribution in [0.15, 0.2) is 6.33 Å². The van der Waals surface area contributed by atoms with Crippen LogP contribution in [0.1, 0.15) is 44.0 Å². The minimum absolute atomic E-state index is 0.453. The zero-order valence-corrected chi connectivity index (χ0v) is 7.61. The molecule has 1 aliphatic rings. The summed E-state index contributed by atoms with van der Waals surface area (Å²) < 4.78 is 0. The predicted molar refractivity (Wildman–Crippen MR) is 47.9 cm³/mol. The van der Waals surface area contributed by atoms with E-state index < -0.39 is 6.10 Å². The van der Waals surface area contributed by atoms with Gasteiger partial charge in [-0.3, -0.25) is 5.10 Å². The Labute approximate surface area is 77.4 Å². The Morgan fingerprint density at radius 3 is 2.92 bits per heavy atom. The van der Waals surface area contributed by atoms with E-state index in [2.05, 4.69) is 15.2 Å². The van der Waals surface area contributed by atoms with Crippen molar-refractivity contribution in [3.05, 3.63) is 12.2 Å². The van der Waals surface area contributed by atoms with Gasteiger partial charge in [-0.2, -0.15) is 5.10 Å². The van der Waals surface area contributed by atoms with Crippen LogP contribution in [0.3, 0.4) is 0 Å². The molecule has 1 heterocycles. The molecule has 2 N–H and O–H groups in total. The Balaban J connectivity index is 1.87. The van der Waals surface area contributed by atoms with Gasteiger partial charge in [0.15, 0.2) is 5.82 Å². The summed E-state index contributed by atoms with van der Waals surface area (Å²) in [6.45, 7) is 0. The summed E-state index contributed by atoms with van der Waals surface area (Å²) in [7, 11) is 0. The first-order valence-corrected chi connectivity index (χ1v) is 4.89. The lowest BCUT2D eigenvalue weighted by Crippen LogP contribution is -2.05. The third kappa shape index (κ3) is 2.06. The van der Waals surface area contributed by atoms with Gasteiger partial charge >= 0.3 is 0 Å². The first kappa shape index (κ1) is 8.69. The van der Waals surface area contributed by atoms with E-state index in [0.717, 1.165) is 6.42 Å². The number of hydrogen-bond donors (Lipinski definition) is 2. The zero-order chi connectivity index (χ0) is 9.10. The highest BCUT2D eigenvalue weighted by Crippen LogP contribution is 2.31. The molecule has 4 nitrogen and oxygen atoms in total. The third-order valence-electron chi connectivity index (χ3n) is 2.78. The number of aromatic nitrogens is 3. The molecule has 2 rings (SSSR count). The standard InChI is InChI=1S/C9H15N3O/c13-8(9-10-6-11-12-9)5-7-3-1-2-4-7/h6-8,13H,1-5H2,(H,10,11,12). The Hall–Kier alpha value is -0.900. The summed E-state index contributed by atoms with van der Waals surface area (Å²) in [5.41, 5.74) is 0. The van der Waals surface area contributed by atoms with Crippen molar-refractivity contribution in [3.63, 3.8) is 0 Å². The molecule has 0 bridgehead atoms. The third-order valence-corrected chi connectivity index (χ3v) is 2.78. The van der Waals surface area contributed by atoms with E-state index in [0.29, 0.717) is 11.7 Å². The van der Waals surface area contributed by atoms with Crippen molar-refractivity contribution in [2.75, 3.05) is 0 Å². The molecule has 1 fully saturated rings. The summed E-state index contributed by atoms with van der Waals surface area (Å²) in [4.78, 5) is 3.94. The molecule has 1 saturated carbocycles. The molecule has 1 atom stereocenters. The van der Waals surface area contributed by atoms with Gasteiger partial charge in [0.1, 0.15) is 12.4 Å². The van der Waals surface area contributed by atoms with Crippen LogP contribution in [0.4, 0.5) is 0 Å². The van der Waals surface area contributed by atoms with Gasteiger partial charge in [-0.25, -0.2) is 4.98 Å². The van der Waals surface area contributed by atoms with Crippen LogP contribution in [-0.4, -0.2) is 20.3 Å². The SMILES string of the molecule is OC(CC1CCCC1)c1ncn[nH]1. The fourth-order valence-electron chi connectivity index (χ4n) is 2.05. The van der Waals surface area contributed by atoms with Crippen LogP contribution in [0.25, 0.3) is 0 Å². The molecule has 0 radical (unpaired) electrons. The summed E-state index contributed by atoms with van der Waals surface area (Å²) in [6.07, 6.45) is 6.95. The molecule has 13 heavy (non-hydrogen) atoms. The van der Waals surface area contributed by atoms with Crippen molar-refractivity contribution in [1.29, 1.82) is 0 Å². The molecular weight excluding hydrogens is 166 g/mol. The molecule has 0 aliphatic heterocycles. The van der Waals surface area contributed by atoms with Gasteiger partial charge < -0.3 is 5.11 Å². The number of aliphatic hydroxyl groups excluding tert-OH is 1. The predicted octanol–water partition coefficient (Wildman–Crippen LogP) is 1.42. The Morgan fingerprint density at radius 1 is 1.54 bits per heavy atom. The molecular formula is C9H15N3O. The van der Waals surface area contributed by atoms with Crippen molar-refractivity contribution < 1.29 is 5.11 Å². The van der Waals surface area contributed by atoms with E-state index in [4.69, 9.17) is 0 Å². The van der Waals surface area contributed by atoms with Crippen LogP contribution < -0.4 is 0 Å². The lowest BCUT2D eigenvalue weighted by molar-refractivity contribution is 0.136. The molecule has 72 valence electrons. The highest BCUT2D eigenvalue weighted by molar-refractivity contribution is 4.87. The molecule has 1 aliphatic carbocycles. The highest BCUT2D eigenvalue weighted by atomic mass is 16.3. The molecule has 1 aromatic heterocycles. The van der Waals surface area contributed by atoms with Crippen molar-refractivity contribution in [3.8, 4) is 0 Å². The Kier molecular flexibility index (Phi) is 2.59. The number of aromatic amines is 1. The fraction of sp³-hybridized carbons (Fsp3) is 0.778. The van der Waals surface area contributed by atoms with Crippen molar-refractivity contribution in [2.24, 2.45) is 5.92 Å². The molecule has 0 spiro atoms. The fourth-order valence-corrected chi connectivity index (χ4v) is 2.05. The lowest BCUT2D eigenvalue weighted by atomic mass is 10.00. The minimum Gasteiger partial charge on any atom is -0.385 e. The average molecular weight is 181 g/mol. The van der Waals surface area contributed by atoms with Crippen LogP contribution in [0, 0.1) is 5.92 Å². The number of hydrogen-bond acceptors (Lipinski definition) is 3. The molecule has 1 unspecified atom stereocenters. The molecule has 0 saturated heterocycles. The number of H-pyrrole nitrogens is 1. The summed E-state index contributed by atoms with van der Waals surface area (Å²) in [5, 5.41) is 16.2. The number of nitrogens with zero attached hydrogens (tertiary/aromatic N) is 2. The second kappa shape index (κ2) is 3.87. The monoisotopic (exact) mass is 181 g/mol. The second-order valence-corrected chi connectivity index (χ2v) is 3.77. The van der Waals surface area contributed by atoms with Crippen molar-refractivity contribution in [1.82, 2.24) is 15.2 Å². The minimum atomic E-state index is -0.453. The van der Waals surface area contributed by atoms with E-state index >= 15 is 0 Å². The molecule has 4 heteroatoms. The summed E-state index contributed by atoms with van der Waals surface area (Å²) in [6, 6.07) is 0. The van der Waals surface area contributed by atoms with E-state index in [1.54, 1.807) is 0 Å². The van der Waals surface area contributed by atoms with E-state index in [1.807, 2.05) is 0 Å². The lowest BCUT2D eigenvalue weighted by Gasteiger charge is -2.12. The van der Waals surface area contributed by atoms with Gasteiger partial charge in [-0.05, 0) is 12.3 Å². The number of aliphatic hydroxyl groups is 1. The van der Waals surface area contributed by atoms with E-state index in [1.165, 1.54) is 32.0 Å². The summed E-state index contributed by atoms with van der Waals surface area (Å²) in [5.74, 6) is 1.28. The zero-order valence-electron chi connectivity index (χ0n) is 7.61. The maximum atomic E-state index is 9.74. The second-order valence-electron chi connectivity index (χ2n) is 3.77. The molecule has 0 amide bonds. The smallest absolute Gasteiger partial charge is 0.153 e. The van der Waals surface area contributed by atoms with Gasteiger partial charge in [0, 0.05) is 0 Å². The quantitative estimate of drug-likeness (QED) is 0.741. The maximum Gasteiger partial charge on any atom is 0.153 e. The van der Waals surface area contributed by atoms with Gasteiger partial charge in [0.05, 0.1) is 0 Å². The highest BCUT2D eigenvalue weighted by Gasteiger charge is 2.20. The van der Waals surface area contributed by atoms with Gasteiger partial charge in [-0.15, -0.1) is 0 Å². The summed E-state index contributed by atoms with van der Waals surface area (Å²) >= 11 is 0. The molecule has 1 aromatic rings. The normalized spacial score (nSPS) is 20.7. The Morgan fingerprint density at radius 2 is 2.31 bits per heavy atom. The van der Waals surface area contributed by atoms with Crippen molar-refractivity contribution >= 4 is 0 Å². The topological polar surface area (TPSA) is 61.8 Å². The van der Waals surface area contributed by atoms with Crippen LogP contribution >= 0.6 is 0 Å². The van der Waals surface area contributed by atoms with Crippen LogP contribution in [0.2, 0.25) is 0 Å². The van der Waals surface area contributed by atoms with Crippen LogP contribution in [-0.2, 0) is 0 Å². The average Bonchev–Trinajstić information content (AvgIpc) is 2.74. The number of rotatable bonds is 3.